The van der Waals surface area contributed by atoms with E-state index in [2.05, 4.69) is 0 Å². The van der Waals surface area contributed by atoms with Crippen LogP contribution in [-0.2, 0) is 11.2 Å². The Morgan fingerprint density at radius 2 is 1.72 bits per heavy atom. The number of hydrogen-bond acceptors (Lipinski definition) is 7. The Bertz CT molecular complexity index is 942. The molecule has 0 aliphatic carbocycles. The van der Waals surface area contributed by atoms with Gasteiger partial charge >= 0.3 is 0 Å². The van der Waals surface area contributed by atoms with Crippen LogP contribution in [0, 0.1) is 0 Å². The van der Waals surface area contributed by atoms with Crippen LogP contribution >= 0.6 is 0 Å². The fraction of sp³-hybridized carbons (Fsp3) is 0.458. The Hall–Kier alpha value is -2.97. The van der Waals surface area contributed by atoms with Crippen molar-refractivity contribution in [1.29, 1.82) is 0 Å². The Morgan fingerprint density at radius 1 is 1.06 bits per heavy atom. The summed E-state index contributed by atoms with van der Waals surface area (Å²) in [5.74, 6) is 1.69. The number of nitrogens with two attached hydrogens (primary N) is 1. The average Bonchev–Trinajstić information content (AvgIpc) is 2.78. The molecule has 1 amide bonds. The molecule has 2 aromatic rings. The van der Waals surface area contributed by atoms with Crippen LogP contribution in [0.2, 0.25) is 0 Å². The van der Waals surface area contributed by atoms with Crippen LogP contribution in [0.1, 0.15) is 29.8 Å². The van der Waals surface area contributed by atoms with E-state index in [1.165, 1.54) is 21.3 Å². The molecule has 0 bridgehead atoms. The predicted molar refractivity (Wildman–Crippen MR) is 121 cm³/mol. The highest BCUT2D eigenvalue weighted by molar-refractivity contribution is 5.99. The first-order valence-corrected chi connectivity index (χ1v) is 10.6. The van der Waals surface area contributed by atoms with Crippen LogP contribution in [0.4, 0.5) is 0 Å². The minimum Gasteiger partial charge on any atom is -0.492 e. The molecule has 0 unspecified atom stereocenters. The molecule has 8 nitrogen and oxygen atoms in total. The third kappa shape index (κ3) is 5.08. The maximum atomic E-state index is 13.5. The third-order valence-electron chi connectivity index (χ3n) is 5.30. The molecule has 2 aromatic carbocycles. The second-order valence-corrected chi connectivity index (χ2v) is 8.14. The van der Waals surface area contributed by atoms with E-state index in [1.54, 1.807) is 11.0 Å². The van der Waals surface area contributed by atoms with Gasteiger partial charge in [0.05, 0.1) is 39.1 Å². The van der Waals surface area contributed by atoms with Crippen LogP contribution in [0.25, 0.3) is 0 Å². The average molecular weight is 445 g/mol. The molecular weight excluding hydrogens is 412 g/mol. The number of hydrogen-bond donors (Lipinski definition) is 1. The summed E-state index contributed by atoms with van der Waals surface area (Å²) in [5.41, 5.74) is 6.64. The first-order chi connectivity index (χ1) is 15.3. The fourth-order valence-electron chi connectivity index (χ4n) is 3.79. The lowest BCUT2D eigenvalue weighted by atomic mass is 10.0. The zero-order chi connectivity index (χ0) is 23.3. The van der Waals surface area contributed by atoms with Crippen molar-refractivity contribution in [3.05, 3.63) is 41.5 Å². The molecule has 3 rings (SSSR count). The van der Waals surface area contributed by atoms with Gasteiger partial charge in [0.2, 0.25) is 11.5 Å². The van der Waals surface area contributed by atoms with E-state index in [4.69, 9.17) is 29.4 Å². The van der Waals surface area contributed by atoms with Crippen LogP contribution in [-0.4, -0.2) is 64.0 Å². The molecule has 1 aliphatic heterocycles. The van der Waals surface area contributed by atoms with Gasteiger partial charge in [0.1, 0.15) is 5.75 Å². The number of methoxy groups -OCH3 is 3. The lowest BCUT2D eigenvalue weighted by molar-refractivity contribution is -0.0764. The highest BCUT2D eigenvalue weighted by Gasteiger charge is 2.34. The van der Waals surface area contributed by atoms with Gasteiger partial charge in [0.15, 0.2) is 11.5 Å². The summed E-state index contributed by atoms with van der Waals surface area (Å²) in [5, 5.41) is 0. The van der Waals surface area contributed by atoms with Crippen molar-refractivity contribution in [2.24, 2.45) is 5.73 Å². The second-order valence-electron chi connectivity index (χ2n) is 8.14. The summed E-state index contributed by atoms with van der Waals surface area (Å²) in [6, 6.07) is 9.26. The molecule has 1 aliphatic rings. The van der Waals surface area contributed by atoms with Gasteiger partial charge < -0.3 is 34.3 Å². The number of morpholine rings is 1. The molecule has 0 saturated carbocycles. The zero-order valence-electron chi connectivity index (χ0n) is 19.4. The molecule has 1 fully saturated rings. The largest absolute Gasteiger partial charge is 0.492 e. The van der Waals surface area contributed by atoms with Gasteiger partial charge in [-0.1, -0.05) is 12.1 Å². The summed E-state index contributed by atoms with van der Waals surface area (Å²) in [6.45, 7) is 5.91. The Labute approximate surface area is 189 Å². The molecule has 1 heterocycles. The minimum atomic E-state index is -0.428. The summed E-state index contributed by atoms with van der Waals surface area (Å²) < 4.78 is 28.6. The van der Waals surface area contributed by atoms with Crippen LogP contribution < -0.4 is 24.7 Å². The fourth-order valence-corrected chi connectivity index (χ4v) is 3.79. The number of carbonyl (C=O) groups excluding carboxylic acids is 1. The third-order valence-corrected chi connectivity index (χ3v) is 5.30. The van der Waals surface area contributed by atoms with Gasteiger partial charge in [-0.3, -0.25) is 4.79 Å². The molecule has 0 aromatic heterocycles. The van der Waals surface area contributed by atoms with Gasteiger partial charge in [-0.05, 0) is 44.5 Å². The number of benzene rings is 2. The molecule has 0 spiro atoms. The van der Waals surface area contributed by atoms with Crippen molar-refractivity contribution in [3.8, 4) is 28.7 Å². The molecule has 0 atom stereocenters. The van der Waals surface area contributed by atoms with Crippen molar-refractivity contribution in [2.45, 2.75) is 25.9 Å². The summed E-state index contributed by atoms with van der Waals surface area (Å²) in [4.78, 5) is 15.2. The van der Waals surface area contributed by atoms with Crippen molar-refractivity contribution in [3.63, 3.8) is 0 Å². The first-order valence-electron chi connectivity index (χ1n) is 10.6. The summed E-state index contributed by atoms with van der Waals surface area (Å²) in [7, 11) is 4.51. The Morgan fingerprint density at radius 3 is 2.28 bits per heavy atom. The lowest BCUT2D eigenvalue weighted by Gasteiger charge is -2.38. The van der Waals surface area contributed by atoms with Gasteiger partial charge in [-0.15, -0.1) is 0 Å². The van der Waals surface area contributed by atoms with Gasteiger partial charge in [-0.25, -0.2) is 0 Å². The highest BCUT2D eigenvalue weighted by Crippen LogP contribution is 2.48. The SMILES string of the molecule is COc1c(Oc2ccc(CCN)cc2)cc(C(=O)N2CCOC(C)(C)C2)c(OC)c1OC. The smallest absolute Gasteiger partial charge is 0.258 e. The molecule has 2 N–H and O–H groups in total. The zero-order valence-corrected chi connectivity index (χ0v) is 19.4. The molecule has 32 heavy (non-hydrogen) atoms. The van der Waals surface area contributed by atoms with Gasteiger partial charge in [0, 0.05) is 19.2 Å². The van der Waals surface area contributed by atoms with Crippen molar-refractivity contribution >= 4 is 5.91 Å². The molecule has 1 saturated heterocycles. The quantitative estimate of drug-likeness (QED) is 0.668. The van der Waals surface area contributed by atoms with E-state index in [1.807, 2.05) is 38.1 Å². The van der Waals surface area contributed by atoms with Crippen LogP contribution in [0.5, 0.6) is 28.7 Å². The maximum Gasteiger partial charge on any atom is 0.258 e. The second kappa shape index (κ2) is 10.1. The monoisotopic (exact) mass is 444 g/mol. The first kappa shape index (κ1) is 23.7. The highest BCUT2D eigenvalue weighted by atomic mass is 16.5. The van der Waals surface area contributed by atoms with Crippen LogP contribution in [0.3, 0.4) is 0 Å². The normalized spacial score (nSPS) is 15.2. The minimum absolute atomic E-state index is 0.192. The van der Waals surface area contributed by atoms with Crippen molar-refractivity contribution < 1.29 is 28.5 Å². The number of nitrogens with zero attached hydrogens (tertiary/aromatic N) is 1. The predicted octanol–water partition coefficient (Wildman–Crippen LogP) is 3.26. The number of carbonyl (C=O) groups is 1. The van der Waals surface area contributed by atoms with Crippen molar-refractivity contribution in [1.82, 2.24) is 4.90 Å². The maximum absolute atomic E-state index is 13.5. The Balaban J connectivity index is 2.02. The lowest BCUT2D eigenvalue weighted by Crippen LogP contribution is -2.50. The van der Waals surface area contributed by atoms with E-state index in [0.717, 1.165) is 12.0 Å². The van der Waals surface area contributed by atoms with E-state index >= 15 is 0 Å². The summed E-state index contributed by atoms with van der Waals surface area (Å²) in [6.07, 6.45) is 0.786. The molecular formula is C24H32N2O6. The van der Waals surface area contributed by atoms with Gasteiger partial charge in [-0.2, -0.15) is 0 Å². The molecule has 0 radical (unpaired) electrons. The van der Waals surface area contributed by atoms with E-state index < -0.39 is 5.60 Å². The van der Waals surface area contributed by atoms with Crippen LogP contribution in [0.15, 0.2) is 30.3 Å². The Kier molecular flexibility index (Phi) is 7.48. The number of rotatable bonds is 8. The molecule has 8 heteroatoms. The summed E-state index contributed by atoms with van der Waals surface area (Å²) >= 11 is 0. The van der Waals surface area contributed by atoms with Crippen molar-refractivity contribution in [2.75, 3.05) is 47.6 Å². The van der Waals surface area contributed by atoms with E-state index in [9.17, 15) is 4.79 Å². The number of amides is 1. The standard InChI is InChI=1S/C24H32N2O6/c1-24(2)15-26(12-13-31-24)23(27)18-14-19(21(29-4)22(30-5)20(18)28-3)32-17-8-6-16(7-9-17)10-11-25/h6-9,14H,10-13,15,25H2,1-5H3. The van der Waals surface area contributed by atoms with E-state index in [0.29, 0.717) is 60.6 Å². The topological polar surface area (TPSA) is 92.5 Å². The van der Waals surface area contributed by atoms with E-state index in [-0.39, 0.29) is 5.91 Å². The number of ether oxygens (including phenoxy) is 5. The molecule has 174 valence electrons. The van der Waals surface area contributed by atoms with Gasteiger partial charge in [0.25, 0.3) is 5.91 Å².